The molecular weight excluding hydrogens is 479 g/mol. The van der Waals surface area contributed by atoms with E-state index in [0.717, 1.165) is 0 Å². The molecule has 1 aromatic carbocycles. The zero-order chi connectivity index (χ0) is 24.7. The van der Waals surface area contributed by atoms with E-state index < -0.39 is 36.3 Å². The summed E-state index contributed by atoms with van der Waals surface area (Å²) in [4.78, 5) is 24.0. The van der Waals surface area contributed by atoms with E-state index in [0.29, 0.717) is 40.6 Å². The number of hydrogen-bond donors (Lipinski definition) is 2. The number of likely N-dealkylation sites (tertiary alicyclic amines) is 1. The number of aromatic nitrogens is 1. The monoisotopic (exact) mass is 505 g/mol. The number of esters is 1. The maximum absolute atomic E-state index is 14.7. The third kappa shape index (κ3) is 4.36. The molecule has 0 bridgehead atoms. The Bertz CT molecular complexity index is 1180. The second-order valence-electron chi connectivity index (χ2n) is 8.86. The van der Waals surface area contributed by atoms with Crippen molar-refractivity contribution in [1.82, 2.24) is 20.5 Å². The van der Waals surface area contributed by atoms with Gasteiger partial charge >= 0.3 is 5.97 Å². The quantitative estimate of drug-likeness (QED) is 0.588. The minimum absolute atomic E-state index is 0.0713. The van der Waals surface area contributed by atoms with Crippen molar-refractivity contribution >= 4 is 23.1 Å². The number of rotatable bonds is 6. The molecule has 0 saturated carbocycles. The number of halogens is 3. The number of aliphatic imine (C=N–C) groups is 1. The zero-order valence-corrected chi connectivity index (χ0v) is 20.2. The normalized spacial score (nSPS) is 25.9. The molecule has 2 fully saturated rings. The van der Waals surface area contributed by atoms with Crippen LogP contribution in [0.2, 0.25) is 0 Å². The zero-order valence-electron chi connectivity index (χ0n) is 19.4. The highest BCUT2D eigenvalue weighted by Gasteiger charge is 2.56. The van der Waals surface area contributed by atoms with Crippen molar-refractivity contribution < 1.29 is 22.7 Å². The van der Waals surface area contributed by atoms with E-state index in [1.807, 2.05) is 0 Å². The lowest BCUT2D eigenvalue weighted by Crippen LogP contribution is -2.43. The second-order valence-corrected chi connectivity index (χ2v) is 9.76. The number of carbonyl (C=O) groups is 1. The number of nitrogens with one attached hydrogen (secondary N) is 2. The Labute approximate surface area is 205 Å². The molecule has 3 unspecified atom stereocenters. The highest BCUT2D eigenvalue weighted by Crippen LogP contribution is 2.39. The number of alkyl halides is 2. The minimum atomic E-state index is -2.88. The fourth-order valence-corrected chi connectivity index (χ4v) is 5.73. The van der Waals surface area contributed by atoms with Gasteiger partial charge in [-0.25, -0.2) is 22.9 Å². The Morgan fingerprint density at radius 2 is 2.20 bits per heavy atom. The van der Waals surface area contributed by atoms with Crippen LogP contribution in [0.5, 0.6) is 0 Å². The number of fused-ring (bicyclic) bond motifs is 1. The van der Waals surface area contributed by atoms with Crippen LogP contribution in [0.25, 0.3) is 0 Å². The smallest absolute Gasteiger partial charge is 0.338 e. The number of nitrogens with zero attached hydrogens (tertiary/aromatic N) is 3. The van der Waals surface area contributed by atoms with Crippen molar-refractivity contribution in [3.8, 4) is 0 Å². The summed E-state index contributed by atoms with van der Waals surface area (Å²) in [5, 5.41) is 8.48. The van der Waals surface area contributed by atoms with Crippen LogP contribution >= 0.6 is 11.3 Å². The number of hydrogen-bond acceptors (Lipinski definition) is 8. The van der Waals surface area contributed by atoms with E-state index in [9.17, 15) is 18.0 Å². The Morgan fingerprint density at radius 1 is 1.37 bits per heavy atom. The first-order chi connectivity index (χ1) is 16.8. The highest BCUT2D eigenvalue weighted by molar-refractivity contribution is 7.11. The molecule has 7 nitrogen and oxygen atoms in total. The Kier molecular flexibility index (Phi) is 6.41. The molecular formula is C24H26F3N5O2S. The largest absolute Gasteiger partial charge is 0.463 e. The van der Waals surface area contributed by atoms with Gasteiger partial charge in [0.1, 0.15) is 11.9 Å². The van der Waals surface area contributed by atoms with Crippen molar-refractivity contribution in [2.75, 3.05) is 26.2 Å². The van der Waals surface area contributed by atoms with Gasteiger partial charge < -0.3 is 15.4 Å². The topological polar surface area (TPSA) is 78.9 Å². The number of thiazole rings is 1. The first-order valence-electron chi connectivity index (χ1n) is 11.5. The van der Waals surface area contributed by atoms with E-state index in [-0.39, 0.29) is 24.8 Å². The summed E-state index contributed by atoms with van der Waals surface area (Å²) < 4.78 is 49.3. The van der Waals surface area contributed by atoms with Crippen molar-refractivity contribution in [1.29, 1.82) is 0 Å². The van der Waals surface area contributed by atoms with Gasteiger partial charge in [-0.05, 0) is 44.0 Å². The summed E-state index contributed by atoms with van der Waals surface area (Å²) in [6, 6.07) is 2.47. The number of carbonyl (C=O) groups excluding carboxylic acids is 1. The molecule has 3 atom stereocenters. The van der Waals surface area contributed by atoms with Gasteiger partial charge in [-0.2, -0.15) is 0 Å². The molecule has 3 aliphatic rings. The van der Waals surface area contributed by atoms with Crippen LogP contribution in [0.3, 0.4) is 0 Å². The van der Waals surface area contributed by atoms with Gasteiger partial charge in [0.15, 0.2) is 10.8 Å². The average molecular weight is 506 g/mol. The predicted octanol–water partition coefficient (Wildman–Crippen LogP) is 3.18. The molecule has 2 N–H and O–H groups in total. The SMILES string of the molecule is CCOC(=O)C1=C(CN2CC(F)(F)C3NCCC32)NC(c2nccs2)=NC1c1cccc(F)c1C. The molecule has 2 aromatic rings. The Balaban J connectivity index is 1.61. The summed E-state index contributed by atoms with van der Waals surface area (Å²) in [7, 11) is 0. The molecule has 35 heavy (non-hydrogen) atoms. The number of ether oxygens (including phenoxy) is 1. The van der Waals surface area contributed by atoms with Gasteiger partial charge in [0, 0.05) is 29.9 Å². The van der Waals surface area contributed by atoms with Crippen molar-refractivity contribution in [2.24, 2.45) is 4.99 Å². The predicted molar refractivity (Wildman–Crippen MR) is 126 cm³/mol. The van der Waals surface area contributed by atoms with Crippen LogP contribution in [0, 0.1) is 12.7 Å². The molecule has 0 spiro atoms. The molecule has 186 valence electrons. The molecule has 1 aromatic heterocycles. The second kappa shape index (κ2) is 9.36. The molecule has 0 radical (unpaired) electrons. The van der Waals surface area contributed by atoms with Crippen LogP contribution in [-0.2, 0) is 9.53 Å². The van der Waals surface area contributed by atoms with E-state index in [4.69, 9.17) is 9.73 Å². The Hall–Kier alpha value is -2.76. The fraction of sp³-hybridized carbons (Fsp3) is 0.458. The maximum atomic E-state index is 14.7. The summed E-state index contributed by atoms with van der Waals surface area (Å²) >= 11 is 1.35. The van der Waals surface area contributed by atoms with Crippen molar-refractivity contribution in [2.45, 2.75) is 44.3 Å². The molecule has 11 heteroatoms. The molecule has 2 saturated heterocycles. The fourth-order valence-electron chi connectivity index (χ4n) is 5.14. The third-order valence-corrected chi connectivity index (χ3v) is 7.53. The Morgan fingerprint density at radius 3 is 2.94 bits per heavy atom. The molecule has 5 rings (SSSR count). The lowest BCUT2D eigenvalue weighted by atomic mass is 9.92. The van der Waals surface area contributed by atoms with Gasteiger partial charge in [0.25, 0.3) is 5.92 Å². The van der Waals surface area contributed by atoms with Crippen LogP contribution in [-0.4, -0.2) is 65.9 Å². The summed E-state index contributed by atoms with van der Waals surface area (Å²) in [5.74, 6) is -3.51. The van der Waals surface area contributed by atoms with Gasteiger partial charge in [-0.1, -0.05) is 12.1 Å². The summed E-state index contributed by atoms with van der Waals surface area (Å²) in [6.07, 6.45) is 2.22. The van der Waals surface area contributed by atoms with E-state index in [2.05, 4.69) is 15.6 Å². The van der Waals surface area contributed by atoms with Crippen LogP contribution in [0.4, 0.5) is 13.2 Å². The van der Waals surface area contributed by atoms with Crippen LogP contribution in [0.15, 0.2) is 46.0 Å². The van der Waals surface area contributed by atoms with Crippen molar-refractivity contribution in [3.63, 3.8) is 0 Å². The van der Waals surface area contributed by atoms with E-state index in [1.165, 1.54) is 17.4 Å². The molecule has 3 aliphatic heterocycles. The van der Waals surface area contributed by atoms with Crippen LogP contribution < -0.4 is 10.6 Å². The number of amidine groups is 1. The van der Waals surface area contributed by atoms with E-state index >= 15 is 0 Å². The molecule has 0 aliphatic carbocycles. The van der Waals surface area contributed by atoms with E-state index in [1.54, 1.807) is 42.5 Å². The standard InChI is InChI=1S/C24H26F3N5O2S/c1-3-34-23(33)18-16(11-32-12-24(26,27)20-17(32)7-8-28-20)30-21(22-29-9-10-35-22)31-19(18)14-5-4-6-15(25)13(14)2/h4-6,9-10,17,19-20,28H,3,7-8,11-12H2,1-2H3,(H,30,31). The lowest BCUT2D eigenvalue weighted by molar-refractivity contribution is -0.139. The molecule has 0 amide bonds. The van der Waals surface area contributed by atoms with Gasteiger partial charge in [0.05, 0.1) is 24.8 Å². The van der Waals surface area contributed by atoms with Crippen molar-refractivity contribution in [3.05, 3.63) is 63.0 Å². The third-order valence-electron chi connectivity index (χ3n) is 6.75. The lowest BCUT2D eigenvalue weighted by Gasteiger charge is -2.31. The molecule has 4 heterocycles. The number of benzene rings is 1. The van der Waals surface area contributed by atoms with Crippen LogP contribution in [0.1, 0.15) is 35.5 Å². The maximum Gasteiger partial charge on any atom is 0.338 e. The minimum Gasteiger partial charge on any atom is -0.463 e. The van der Waals surface area contributed by atoms with Gasteiger partial charge in [-0.15, -0.1) is 11.3 Å². The highest BCUT2D eigenvalue weighted by atomic mass is 32.1. The first-order valence-corrected chi connectivity index (χ1v) is 12.4. The average Bonchev–Trinajstić information content (AvgIpc) is 3.56. The first kappa shape index (κ1) is 24.0. The summed E-state index contributed by atoms with van der Waals surface area (Å²) in [6.45, 7) is 3.60. The van der Waals surface area contributed by atoms with Gasteiger partial charge in [0.2, 0.25) is 0 Å². The van der Waals surface area contributed by atoms with Gasteiger partial charge in [-0.3, -0.25) is 9.89 Å². The summed E-state index contributed by atoms with van der Waals surface area (Å²) in [5.41, 5.74) is 1.48.